The summed E-state index contributed by atoms with van der Waals surface area (Å²) in [4.78, 5) is 180. The Kier molecular flexibility index (Phi) is 30.4. The molecule has 2 fully saturated rings. The van der Waals surface area contributed by atoms with Gasteiger partial charge in [0, 0.05) is 65.3 Å². The van der Waals surface area contributed by atoms with E-state index in [1.807, 2.05) is 0 Å². The Labute approximate surface area is 789 Å². The number of nitrogens with one attached hydrogen (secondary N) is 12. The minimum Gasteiger partial charge on any atom is -0.508 e. The largest absolute Gasteiger partial charge is 0.508 e. The molecule has 9 aromatic rings. The van der Waals surface area contributed by atoms with Crippen LogP contribution in [0.15, 0.2) is 146 Å². The first-order chi connectivity index (χ1) is 65.1. The molecule has 16 rings (SSSR count). The Balaban J connectivity index is 0.937. The van der Waals surface area contributed by atoms with Crippen molar-refractivity contribution >= 4 is 99.1 Å². The summed E-state index contributed by atoms with van der Waals surface area (Å²) in [6.45, 7) is 5.47. The molecule has 45 heteroatoms. The summed E-state index contributed by atoms with van der Waals surface area (Å²) in [6.07, 6.45) is -16.8. The van der Waals surface area contributed by atoms with E-state index in [-0.39, 0.29) is 53.5 Å². The van der Waals surface area contributed by atoms with Gasteiger partial charge in [-0.2, -0.15) is 0 Å². The van der Waals surface area contributed by atoms with E-state index in [0.717, 1.165) is 66.7 Å². The number of likely N-dealkylation sites (N-methyl/N-ethyl adjacent to an activating group) is 1. The van der Waals surface area contributed by atoms with Crippen LogP contribution in [0.1, 0.15) is 122 Å². The maximum absolute atomic E-state index is 16.7. The normalized spacial score (nSPS) is 25.4. The number of aromatic amines is 2. The topological polar surface area (TPSA) is 688 Å². The Morgan fingerprint density at radius 1 is 0.642 bits per heavy atom. The van der Waals surface area contributed by atoms with Crippen LogP contribution in [-0.2, 0) is 86.2 Å². The van der Waals surface area contributed by atoms with Crippen molar-refractivity contribution in [2.45, 2.75) is 194 Å². The smallest absolute Gasteiger partial charge is 0.253 e. The van der Waals surface area contributed by atoms with Crippen LogP contribution >= 0.6 is 23.2 Å². The number of aliphatic hydroxyl groups excluding tert-OH is 6. The first-order valence-corrected chi connectivity index (χ1v) is 44.1. The number of imide groups is 1. The van der Waals surface area contributed by atoms with Crippen molar-refractivity contribution in [2.24, 2.45) is 23.1 Å². The molecular weight excluding hydrogens is 1830 g/mol. The monoisotopic (exact) mass is 1930 g/mol. The number of halogens is 2. The number of ether oxygens (including phenoxy) is 6. The molecule has 11 amide bonds. The number of hydrogen-bond donors (Lipinski definition) is 25. The predicted octanol–water partition coefficient (Wildman–Crippen LogP) is 0.599. The van der Waals surface area contributed by atoms with Gasteiger partial charge in [0.15, 0.2) is 17.8 Å². The Bertz CT molecular complexity index is 6090. The highest BCUT2D eigenvalue weighted by molar-refractivity contribution is 6.32. The van der Waals surface area contributed by atoms with Crippen LogP contribution in [-0.4, -0.2) is 242 Å². The molecule has 9 heterocycles. The van der Waals surface area contributed by atoms with E-state index in [2.05, 4.69) is 68.1 Å². The van der Waals surface area contributed by atoms with Crippen LogP contribution in [0.25, 0.3) is 22.0 Å². The lowest BCUT2D eigenvalue weighted by molar-refractivity contribution is -0.277. The molecule has 43 nitrogen and oxygen atoms in total. The van der Waals surface area contributed by atoms with Crippen LogP contribution in [0.4, 0.5) is 0 Å². The van der Waals surface area contributed by atoms with Gasteiger partial charge in [0.2, 0.25) is 71.1 Å². The van der Waals surface area contributed by atoms with E-state index in [4.69, 9.17) is 68.8 Å². The molecule has 11 bridgehead atoms. The lowest BCUT2D eigenvalue weighted by Gasteiger charge is -2.44. The van der Waals surface area contributed by atoms with Crippen molar-refractivity contribution in [3.05, 3.63) is 201 Å². The number of imidazole rings is 1. The number of aromatic hydroxyl groups is 4. The third-order valence-corrected chi connectivity index (χ3v) is 24.7. The van der Waals surface area contributed by atoms with Gasteiger partial charge < -0.3 is 155 Å². The van der Waals surface area contributed by atoms with Crippen molar-refractivity contribution in [3.8, 4) is 62.9 Å². The number of carbonyl (C=O) groups is 11. The SMILES string of the molecule is CN[C@H](CC(C)C)C(=O)N[C@H]1C(=O)N[C@@H](CC(N)=O)C(=O)N[C@H]2C(=O)N[C@H]3C(=O)NC(C(=O)N[C@@H](C(=O)NC(=O)[C@H](Cc4c[nH]cn4)NC(=O)[C@H](Cc4c[nH]c5ccccc45)NC(=O)[C@@H](N)Cc4ccc(O)cc4)c4cc(O)cc(O)c4-c4cc3ccc4O)[C@H](O[C@H]3C[C@](C)(N)[C@@H](O)[C@H](C)O3)c3ccc(c(Cl)c3)Oc3cc2cc(c3O[C@@H]2O[C@H](CO)[C@@H](O)[C@H](O)[C@H]2O)Oc2ccc(cc2Cl)[C@H]1O. The zero-order chi connectivity index (χ0) is 98.6. The molecule has 1 unspecified atom stereocenters. The summed E-state index contributed by atoms with van der Waals surface area (Å²) < 4.78 is 38.7. The summed E-state index contributed by atoms with van der Waals surface area (Å²) in [6, 6.07) is 6.49. The van der Waals surface area contributed by atoms with Gasteiger partial charge in [0.1, 0.15) is 119 Å². The molecule has 2 saturated heterocycles. The number of rotatable bonds is 24. The molecule has 21 atom stereocenters. The quantitative estimate of drug-likeness (QED) is 0.0394. The van der Waals surface area contributed by atoms with Crippen LogP contribution in [0, 0.1) is 5.92 Å². The van der Waals surface area contributed by atoms with E-state index in [9.17, 15) is 65.4 Å². The van der Waals surface area contributed by atoms with Gasteiger partial charge in [0.25, 0.3) is 5.91 Å². The lowest BCUT2D eigenvalue weighted by atomic mass is 9.86. The molecule has 0 saturated carbocycles. The highest BCUT2D eigenvalue weighted by Crippen LogP contribution is 2.50. The van der Waals surface area contributed by atoms with Crippen molar-refractivity contribution in [1.82, 2.24) is 68.1 Å². The minimum atomic E-state index is -2.49. The summed E-state index contributed by atoms with van der Waals surface area (Å²) in [7, 11) is 1.46. The van der Waals surface area contributed by atoms with Crippen LogP contribution < -0.4 is 84.6 Å². The van der Waals surface area contributed by atoms with Crippen molar-refractivity contribution in [2.75, 3.05) is 13.7 Å². The number of H-pyrrole nitrogens is 2. The zero-order valence-electron chi connectivity index (χ0n) is 73.8. The Hall–Kier alpha value is -13.6. The van der Waals surface area contributed by atoms with E-state index in [0.29, 0.717) is 22.0 Å². The highest BCUT2D eigenvalue weighted by atomic mass is 35.5. The third kappa shape index (κ3) is 22.4. The fraction of sp³-hybridized carbons (Fsp3) is 0.370. The first kappa shape index (κ1) is 99.3. The maximum Gasteiger partial charge on any atom is 0.253 e. The number of benzene rings is 7. The fourth-order valence-corrected chi connectivity index (χ4v) is 17.3. The van der Waals surface area contributed by atoms with Gasteiger partial charge in [-0.3, -0.25) is 58.1 Å². The van der Waals surface area contributed by atoms with E-state index in [1.54, 1.807) is 44.3 Å². The molecule has 0 spiro atoms. The number of nitrogens with zero attached hydrogens (tertiary/aromatic N) is 1. The summed E-state index contributed by atoms with van der Waals surface area (Å²) in [5.74, 6) is -20.1. The Morgan fingerprint density at radius 2 is 1.29 bits per heavy atom. The standard InChI is InChI=1S/C92H102Cl2N16O27/c1-37(2)20-55(98-5)82(123)108-72-74(117)41-13-18-61(51(93)23-41)133-63-26-43-27-64(79(63)137-91-77(120)76(119)75(118)65(35-111)135-91)134-62-19-14-42(24-52(62)94)78(136-67-32-92(4,97)80(121)38(3)132-67)73-90(131)107-71(50-29-47(113)30-60(115)68(50)49-22-40(12-17-59(49)114)69(86(127)109-73)106-87(128)70(43)105-84(125)58(31-66(96)116)104-89(72)130)88(129)110-85(126)57(28-45-34-99-36-101-45)103-83(124)56(25-44-33-100-54-9-7-6-8-48(44)54)102-81(122)53(95)21-39-10-15-46(112)16-11-39/h6-19,22-24,26-27,29-30,33-34,36-38,53,55-58,65,67,69-78,80,91,98,100,111-115,117-121H,20-21,25,28,31-32,35,95,97H2,1-5H3,(H2,96,116)(H,99,101)(H,102,122)(H,103,124)(H,104,130)(H,105,125)(H,106,128)(H,107,131)(H,108,123)(H,109,127)(H,110,126,129)/t38-,53-,55+,56-,57-,58-,65+,67-,69+,70+,71+,72+,73?,74+,75+,76-,77+,78+,80-,91-,92-/m0/s1. The van der Waals surface area contributed by atoms with Crippen LogP contribution in [0.5, 0.6) is 51.7 Å². The fourth-order valence-electron chi connectivity index (χ4n) is 16.9. The number of carbonyl (C=O) groups excluding carboxylic acids is 11. The van der Waals surface area contributed by atoms with Gasteiger partial charge in [0.05, 0.1) is 59.4 Å². The predicted molar refractivity (Wildman–Crippen MR) is 483 cm³/mol. The molecule has 137 heavy (non-hydrogen) atoms. The molecule has 0 aliphatic carbocycles. The molecule has 726 valence electrons. The molecule has 2 aromatic heterocycles. The second kappa shape index (κ2) is 41.9. The number of amides is 11. The van der Waals surface area contributed by atoms with Crippen molar-refractivity contribution in [1.29, 1.82) is 0 Å². The van der Waals surface area contributed by atoms with Crippen molar-refractivity contribution in [3.63, 3.8) is 0 Å². The molecule has 7 aliphatic rings. The number of phenols is 4. The Morgan fingerprint density at radius 3 is 1.95 bits per heavy atom. The lowest BCUT2D eigenvalue weighted by Crippen LogP contribution is -2.61. The van der Waals surface area contributed by atoms with E-state index < -0.39 is 296 Å². The van der Waals surface area contributed by atoms with Crippen LogP contribution in [0.2, 0.25) is 10.0 Å². The molecule has 0 radical (unpaired) electrons. The second-order valence-corrected chi connectivity index (χ2v) is 35.5. The maximum atomic E-state index is 16.7. The van der Waals surface area contributed by atoms with Gasteiger partial charge in [-0.25, -0.2) is 4.98 Å². The first-order valence-electron chi connectivity index (χ1n) is 43.4. The second-order valence-electron chi connectivity index (χ2n) is 34.7. The van der Waals surface area contributed by atoms with Gasteiger partial charge in [-0.15, -0.1) is 0 Å². The average Bonchev–Trinajstić information content (AvgIpc) is 1.13. The summed E-state index contributed by atoms with van der Waals surface area (Å²) in [5, 5.41) is 140. The van der Waals surface area contributed by atoms with Gasteiger partial charge in [-0.1, -0.05) is 85.6 Å². The van der Waals surface area contributed by atoms with Gasteiger partial charge in [-0.05, 0) is 151 Å². The van der Waals surface area contributed by atoms with Gasteiger partial charge >= 0.3 is 0 Å². The minimum absolute atomic E-state index is 0.0601. The van der Waals surface area contributed by atoms with Crippen molar-refractivity contribution < 1.29 is 132 Å². The van der Waals surface area contributed by atoms with Crippen LogP contribution in [0.3, 0.4) is 0 Å². The molecular formula is C92H102Cl2N16O27. The number of phenolic OH excluding ortho intramolecular Hbond substituents is 4. The molecule has 28 N–H and O–H groups in total. The molecule has 7 aliphatic heterocycles. The number of aromatic nitrogens is 3. The number of hydrogen-bond acceptors (Lipinski definition) is 31. The number of nitrogens with two attached hydrogens (primary N) is 3. The van der Waals surface area contributed by atoms with E-state index in [1.165, 1.54) is 69.8 Å². The number of fused-ring (bicyclic) bond motifs is 16. The average molecular weight is 1930 g/mol. The summed E-state index contributed by atoms with van der Waals surface area (Å²) >= 11 is 14.5. The number of primary amides is 1. The number of aliphatic hydroxyl groups is 6. The third-order valence-electron chi connectivity index (χ3n) is 24.1. The zero-order valence-corrected chi connectivity index (χ0v) is 75.3. The van der Waals surface area contributed by atoms with E-state index >= 15 is 38.4 Å². The summed E-state index contributed by atoms with van der Waals surface area (Å²) in [5.41, 5.74) is 15.9. The molecule has 7 aromatic carbocycles. The number of para-hydroxylation sites is 1. The highest BCUT2D eigenvalue weighted by Gasteiger charge is 2.50.